The van der Waals surface area contributed by atoms with Crippen molar-refractivity contribution < 1.29 is 29.0 Å². The number of hydrogen-bond acceptors (Lipinski definition) is 6. The molecule has 1 fully saturated rings. The monoisotopic (exact) mass is 504 g/mol. The van der Waals surface area contributed by atoms with Crippen LogP contribution < -0.4 is 9.64 Å². The van der Waals surface area contributed by atoms with E-state index in [1.807, 2.05) is 26.0 Å². The number of ketones is 1. The molecule has 5 rings (SSSR count). The van der Waals surface area contributed by atoms with Crippen molar-refractivity contribution in [1.82, 2.24) is 4.90 Å². The first-order valence-electron chi connectivity index (χ1n) is 12.9. The zero-order valence-electron chi connectivity index (χ0n) is 21.5. The number of Topliss-reactive ketones (excluding diaryl/α,β-unsaturated/α-hetero) is 1. The smallest absolute Gasteiger partial charge is 0.296 e. The molecule has 0 aromatic heterocycles. The summed E-state index contributed by atoms with van der Waals surface area (Å²) in [4.78, 5) is 44.5. The second-order valence-corrected chi connectivity index (χ2v) is 9.85. The van der Waals surface area contributed by atoms with Crippen molar-refractivity contribution >= 4 is 29.0 Å². The van der Waals surface area contributed by atoms with Crippen LogP contribution >= 0.6 is 0 Å². The summed E-state index contributed by atoms with van der Waals surface area (Å²) in [5.74, 6) is -1.67. The summed E-state index contributed by atoms with van der Waals surface area (Å²) in [5.41, 5.74) is 0.553. The van der Waals surface area contributed by atoms with Crippen LogP contribution in [-0.4, -0.2) is 60.5 Å². The minimum Gasteiger partial charge on any atom is -0.507 e. The van der Waals surface area contributed by atoms with Gasteiger partial charge in [0, 0.05) is 44.4 Å². The highest BCUT2D eigenvalue weighted by atomic mass is 16.5. The number of nitrogens with zero attached hydrogens (tertiary/aromatic N) is 2. The Labute approximate surface area is 216 Å². The summed E-state index contributed by atoms with van der Waals surface area (Å²) in [6.07, 6.45) is 2.74. The lowest BCUT2D eigenvalue weighted by atomic mass is 9.81. The van der Waals surface area contributed by atoms with Gasteiger partial charge in [-0.2, -0.15) is 0 Å². The lowest BCUT2D eigenvalue weighted by Gasteiger charge is -2.34. The Balaban J connectivity index is 1.74. The number of benzene rings is 2. The van der Waals surface area contributed by atoms with Gasteiger partial charge >= 0.3 is 0 Å². The maximum Gasteiger partial charge on any atom is 0.296 e. The van der Waals surface area contributed by atoms with Crippen LogP contribution in [0.3, 0.4) is 0 Å². The van der Waals surface area contributed by atoms with Gasteiger partial charge < -0.3 is 24.4 Å². The average Bonchev–Trinajstić information content (AvgIpc) is 3.46. The molecule has 3 heterocycles. The van der Waals surface area contributed by atoms with E-state index in [9.17, 15) is 19.5 Å². The fourth-order valence-corrected chi connectivity index (χ4v) is 5.79. The van der Waals surface area contributed by atoms with Crippen molar-refractivity contribution in [2.45, 2.75) is 51.2 Å². The van der Waals surface area contributed by atoms with Gasteiger partial charge in [0.15, 0.2) is 5.54 Å². The molecule has 0 aliphatic carbocycles. The van der Waals surface area contributed by atoms with Gasteiger partial charge in [0.2, 0.25) is 0 Å². The summed E-state index contributed by atoms with van der Waals surface area (Å²) in [5, 5.41) is 11.7. The molecule has 8 nitrogen and oxygen atoms in total. The van der Waals surface area contributed by atoms with E-state index >= 15 is 0 Å². The number of rotatable bonds is 8. The highest BCUT2D eigenvalue weighted by molar-refractivity contribution is 6.50. The van der Waals surface area contributed by atoms with E-state index in [1.54, 1.807) is 42.3 Å². The van der Waals surface area contributed by atoms with Gasteiger partial charge in [-0.05, 0) is 49.6 Å². The Bertz CT molecular complexity index is 1300. The molecule has 3 aliphatic rings. The molecule has 0 saturated carbocycles. The number of carbonyl (C=O) groups is 3. The van der Waals surface area contributed by atoms with E-state index < -0.39 is 23.1 Å². The minimum absolute atomic E-state index is 0.00719. The molecule has 1 saturated heterocycles. The van der Waals surface area contributed by atoms with E-state index in [0.717, 1.165) is 24.2 Å². The number of unbranched alkanes of at least 4 members (excludes halogenated alkanes) is 1. The Hall–Kier alpha value is -3.65. The number of carbonyl (C=O) groups excluding carboxylic acids is 3. The van der Waals surface area contributed by atoms with Crippen LogP contribution in [0.4, 0.5) is 5.69 Å². The highest BCUT2D eigenvalue weighted by Gasteiger charge is 2.66. The summed E-state index contributed by atoms with van der Waals surface area (Å²) >= 11 is 0. The largest absolute Gasteiger partial charge is 0.507 e. The standard InChI is InChI=1S/C29H32N2O6/c1-4-5-13-30-22-10-7-6-9-21(22)29(28(30)35)24(26(33)27(34)31(29)14-8-15-36-3)25(32)19-11-12-23-20(17-19)16-18(2)37-23/h6-7,9-12,17-18,32H,4-5,8,13-16H2,1-3H3/t18-,29-/m0/s1. The first-order chi connectivity index (χ1) is 17.9. The predicted molar refractivity (Wildman–Crippen MR) is 138 cm³/mol. The molecular formula is C29H32N2O6. The van der Waals surface area contributed by atoms with E-state index in [4.69, 9.17) is 9.47 Å². The third kappa shape index (κ3) is 3.73. The van der Waals surface area contributed by atoms with Crippen molar-refractivity contribution in [2.24, 2.45) is 0 Å². The number of methoxy groups -OCH3 is 1. The van der Waals surface area contributed by atoms with Crippen molar-refractivity contribution in [2.75, 3.05) is 31.7 Å². The molecule has 0 radical (unpaired) electrons. The molecule has 3 aliphatic heterocycles. The molecule has 194 valence electrons. The van der Waals surface area contributed by atoms with Gasteiger partial charge in [0.05, 0.1) is 11.3 Å². The highest BCUT2D eigenvalue weighted by Crippen LogP contribution is 2.53. The fraction of sp³-hybridized carbons (Fsp3) is 0.414. The first-order valence-corrected chi connectivity index (χ1v) is 12.9. The fourth-order valence-electron chi connectivity index (χ4n) is 5.79. The van der Waals surface area contributed by atoms with Gasteiger partial charge in [0.1, 0.15) is 17.6 Å². The summed E-state index contributed by atoms with van der Waals surface area (Å²) in [7, 11) is 1.56. The Kier molecular flexibility index (Phi) is 6.54. The van der Waals surface area contributed by atoms with Gasteiger partial charge in [-0.3, -0.25) is 14.4 Å². The van der Waals surface area contributed by atoms with E-state index in [1.165, 1.54) is 4.90 Å². The normalized spacial score (nSPS) is 23.6. The number of ether oxygens (including phenoxy) is 2. The number of aliphatic hydroxyl groups is 1. The number of para-hydroxylation sites is 1. The first kappa shape index (κ1) is 25.0. The van der Waals surface area contributed by atoms with Crippen LogP contribution in [0.1, 0.15) is 49.8 Å². The van der Waals surface area contributed by atoms with Crippen LogP contribution in [-0.2, 0) is 31.1 Å². The number of anilines is 1. The topological polar surface area (TPSA) is 96.4 Å². The summed E-state index contributed by atoms with van der Waals surface area (Å²) in [6.45, 7) is 4.94. The third-order valence-electron chi connectivity index (χ3n) is 7.44. The van der Waals surface area contributed by atoms with Crippen molar-refractivity contribution in [1.29, 1.82) is 0 Å². The molecule has 0 bridgehead atoms. The minimum atomic E-state index is -1.74. The number of fused-ring (bicyclic) bond motifs is 3. The van der Waals surface area contributed by atoms with E-state index in [2.05, 4.69) is 0 Å². The van der Waals surface area contributed by atoms with E-state index in [-0.39, 0.29) is 24.0 Å². The average molecular weight is 505 g/mol. The molecule has 1 N–H and O–H groups in total. The van der Waals surface area contributed by atoms with E-state index in [0.29, 0.717) is 42.8 Å². The van der Waals surface area contributed by atoms with Crippen molar-refractivity contribution in [3.63, 3.8) is 0 Å². The Morgan fingerprint density at radius 1 is 1.14 bits per heavy atom. The second kappa shape index (κ2) is 9.67. The number of likely N-dealkylation sites (tertiary alicyclic amines) is 1. The van der Waals surface area contributed by atoms with Crippen molar-refractivity contribution in [3.05, 3.63) is 64.7 Å². The van der Waals surface area contributed by atoms with Gasteiger partial charge in [-0.15, -0.1) is 0 Å². The molecule has 37 heavy (non-hydrogen) atoms. The van der Waals surface area contributed by atoms with Crippen LogP contribution in [0.25, 0.3) is 5.76 Å². The molecule has 2 amide bonds. The van der Waals surface area contributed by atoms with Crippen molar-refractivity contribution in [3.8, 4) is 5.75 Å². The predicted octanol–water partition coefficient (Wildman–Crippen LogP) is 3.77. The quantitative estimate of drug-likeness (QED) is 0.255. The van der Waals surface area contributed by atoms with Crippen LogP contribution in [0.2, 0.25) is 0 Å². The molecule has 2 atom stereocenters. The zero-order valence-corrected chi connectivity index (χ0v) is 21.5. The van der Waals surface area contributed by atoms with Gasteiger partial charge in [-0.1, -0.05) is 31.5 Å². The number of amides is 2. The van der Waals surface area contributed by atoms with Crippen LogP contribution in [0.5, 0.6) is 5.75 Å². The molecule has 2 aromatic rings. The maximum atomic E-state index is 14.4. The maximum absolute atomic E-state index is 14.4. The summed E-state index contributed by atoms with van der Waals surface area (Å²) < 4.78 is 11.0. The van der Waals surface area contributed by atoms with Crippen LogP contribution in [0.15, 0.2) is 48.0 Å². The molecule has 1 spiro atoms. The Morgan fingerprint density at radius 3 is 2.68 bits per heavy atom. The molecular weight excluding hydrogens is 472 g/mol. The van der Waals surface area contributed by atoms with Gasteiger partial charge in [-0.25, -0.2) is 0 Å². The zero-order chi connectivity index (χ0) is 26.3. The number of aliphatic hydroxyl groups excluding tert-OH is 1. The second-order valence-electron chi connectivity index (χ2n) is 9.85. The van der Waals surface area contributed by atoms with Gasteiger partial charge in [0.25, 0.3) is 17.6 Å². The van der Waals surface area contributed by atoms with Crippen LogP contribution in [0, 0.1) is 0 Å². The molecule has 0 unspecified atom stereocenters. The molecule has 2 aromatic carbocycles. The lowest BCUT2D eigenvalue weighted by Crippen LogP contribution is -2.52. The third-order valence-corrected chi connectivity index (χ3v) is 7.44. The summed E-state index contributed by atoms with van der Waals surface area (Å²) in [6, 6.07) is 12.4. The Morgan fingerprint density at radius 2 is 1.92 bits per heavy atom. The SMILES string of the molecule is CCCCN1C(=O)[C@@]2(C(=C(O)c3ccc4c(c3)C[C@H](C)O4)C(=O)C(=O)N2CCCOC)c2ccccc21. The lowest BCUT2D eigenvalue weighted by molar-refractivity contribution is -0.143. The molecule has 8 heteroatoms. The number of hydrogen-bond donors (Lipinski definition) is 1.